The Labute approximate surface area is 80.4 Å². The largest absolute Gasteiger partial charge is 0.371 e. The average Bonchev–Trinajstić information content (AvgIpc) is 2.20. The number of aryl methyl sites for hydroxylation is 1. The van der Waals surface area contributed by atoms with E-state index in [1.807, 2.05) is 6.07 Å². The van der Waals surface area contributed by atoms with Crippen molar-refractivity contribution in [1.29, 1.82) is 0 Å². The van der Waals surface area contributed by atoms with Gasteiger partial charge in [0, 0.05) is 18.8 Å². The molecule has 0 unspecified atom stereocenters. The predicted molar refractivity (Wildman–Crippen MR) is 56.1 cm³/mol. The summed E-state index contributed by atoms with van der Waals surface area (Å²) >= 11 is 0. The average molecular weight is 174 g/mol. The predicted octanol–water partition coefficient (Wildman–Crippen LogP) is 2.79. The molecular formula is C12H16N. The summed E-state index contributed by atoms with van der Waals surface area (Å²) in [5.74, 6) is 0. The summed E-state index contributed by atoms with van der Waals surface area (Å²) in [4.78, 5) is 2.49. The second kappa shape index (κ2) is 3.82. The zero-order valence-corrected chi connectivity index (χ0v) is 8.21. The number of anilines is 1. The van der Waals surface area contributed by atoms with Crippen LogP contribution in [0.25, 0.3) is 0 Å². The number of piperidine rings is 1. The van der Waals surface area contributed by atoms with Crippen LogP contribution in [0.5, 0.6) is 0 Å². The smallest absolute Gasteiger partial charge is 0.0396 e. The van der Waals surface area contributed by atoms with Crippen molar-refractivity contribution < 1.29 is 0 Å². The van der Waals surface area contributed by atoms with E-state index in [4.69, 9.17) is 0 Å². The third-order valence-corrected chi connectivity index (χ3v) is 2.74. The Morgan fingerprint density at radius 1 is 1.23 bits per heavy atom. The summed E-state index contributed by atoms with van der Waals surface area (Å²) in [5.41, 5.74) is 2.75. The first-order valence-corrected chi connectivity index (χ1v) is 5.09. The summed E-state index contributed by atoms with van der Waals surface area (Å²) in [6, 6.07) is 9.38. The molecule has 0 spiro atoms. The van der Waals surface area contributed by atoms with Gasteiger partial charge in [-0.3, -0.25) is 0 Å². The van der Waals surface area contributed by atoms with E-state index >= 15 is 0 Å². The van der Waals surface area contributed by atoms with Crippen molar-refractivity contribution in [3.8, 4) is 0 Å². The zero-order valence-electron chi connectivity index (χ0n) is 8.21. The van der Waals surface area contributed by atoms with Crippen LogP contribution in [-0.2, 0) is 0 Å². The van der Waals surface area contributed by atoms with E-state index in [0.717, 1.165) is 0 Å². The second-order valence-electron chi connectivity index (χ2n) is 3.76. The second-order valence-corrected chi connectivity index (χ2v) is 3.76. The SMILES string of the molecule is Cc1c[c]ccc1N1CCCCC1. The Bertz CT molecular complexity index is 274. The lowest BCUT2D eigenvalue weighted by atomic mass is 10.1. The number of nitrogens with zero attached hydrogens (tertiary/aromatic N) is 1. The first kappa shape index (κ1) is 8.61. The maximum absolute atomic E-state index is 3.11. The normalized spacial score (nSPS) is 17.5. The molecular weight excluding hydrogens is 158 g/mol. The summed E-state index contributed by atoms with van der Waals surface area (Å²) in [7, 11) is 0. The third-order valence-electron chi connectivity index (χ3n) is 2.74. The van der Waals surface area contributed by atoms with Crippen LogP contribution >= 0.6 is 0 Å². The maximum Gasteiger partial charge on any atom is 0.0396 e. The molecule has 1 fully saturated rings. The van der Waals surface area contributed by atoms with Crippen molar-refractivity contribution in [2.24, 2.45) is 0 Å². The van der Waals surface area contributed by atoms with Crippen molar-refractivity contribution in [2.75, 3.05) is 18.0 Å². The molecule has 0 atom stereocenters. The minimum Gasteiger partial charge on any atom is -0.371 e. The van der Waals surface area contributed by atoms with Gasteiger partial charge in [-0.2, -0.15) is 0 Å². The van der Waals surface area contributed by atoms with E-state index in [0.29, 0.717) is 0 Å². The van der Waals surface area contributed by atoms with Crippen molar-refractivity contribution >= 4 is 5.69 Å². The molecule has 0 N–H and O–H groups in total. The van der Waals surface area contributed by atoms with E-state index < -0.39 is 0 Å². The minimum absolute atomic E-state index is 1.23. The van der Waals surface area contributed by atoms with Gasteiger partial charge in [-0.1, -0.05) is 6.07 Å². The van der Waals surface area contributed by atoms with Gasteiger partial charge in [0.2, 0.25) is 0 Å². The minimum atomic E-state index is 1.23. The Morgan fingerprint density at radius 3 is 2.69 bits per heavy atom. The van der Waals surface area contributed by atoms with E-state index in [2.05, 4.69) is 30.0 Å². The monoisotopic (exact) mass is 174 g/mol. The summed E-state index contributed by atoms with van der Waals surface area (Å²) < 4.78 is 0. The number of benzene rings is 1. The van der Waals surface area contributed by atoms with Crippen LogP contribution in [-0.4, -0.2) is 13.1 Å². The molecule has 1 aromatic rings. The molecule has 1 nitrogen and oxygen atoms in total. The van der Waals surface area contributed by atoms with Crippen molar-refractivity contribution in [3.05, 3.63) is 29.8 Å². The fourth-order valence-corrected chi connectivity index (χ4v) is 2.00. The highest BCUT2D eigenvalue weighted by Gasteiger charge is 2.11. The molecule has 2 rings (SSSR count). The van der Waals surface area contributed by atoms with Gasteiger partial charge in [-0.15, -0.1) is 0 Å². The van der Waals surface area contributed by atoms with Gasteiger partial charge >= 0.3 is 0 Å². The number of hydrogen-bond acceptors (Lipinski definition) is 1. The molecule has 1 heterocycles. The molecule has 0 aromatic heterocycles. The van der Waals surface area contributed by atoms with Crippen LogP contribution in [0.3, 0.4) is 0 Å². The highest BCUT2D eigenvalue weighted by atomic mass is 15.1. The molecule has 0 bridgehead atoms. The molecule has 69 valence electrons. The molecule has 1 saturated heterocycles. The van der Waals surface area contributed by atoms with Crippen LogP contribution in [0.15, 0.2) is 18.2 Å². The van der Waals surface area contributed by atoms with Crippen molar-refractivity contribution in [3.63, 3.8) is 0 Å². The lowest BCUT2D eigenvalue weighted by molar-refractivity contribution is 0.577. The highest BCUT2D eigenvalue weighted by molar-refractivity contribution is 5.52. The van der Waals surface area contributed by atoms with Gasteiger partial charge in [0.1, 0.15) is 0 Å². The zero-order chi connectivity index (χ0) is 9.10. The number of rotatable bonds is 1. The van der Waals surface area contributed by atoms with Crippen LogP contribution < -0.4 is 4.90 Å². The van der Waals surface area contributed by atoms with Crippen LogP contribution in [0, 0.1) is 13.0 Å². The van der Waals surface area contributed by atoms with Crippen LogP contribution in [0.4, 0.5) is 5.69 Å². The molecule has 1 aliphatic heterocycles. The Hall–Kier alpha value is -0.980. The Morgan fingerprint density at radius 2 is 2.00 bits per heavy atom. The van der Waals surface area contributed by atoms with Gasteiger partial charge in [0.15, 0.2) is 0 Å². The highest BCUT2D eigenvalue weighted by Crippen LogP contribution is 2.22. The van der Waals surface area contributed by atoms with Gasteiger partial charge in [-0.25, -0.2) is 0 Å². The van der Waals surface area contributed by atoms with E-state index in [-0.39, 0.29) is 0 Å². The summed E-state index contributed by atoms with van der Waals surface area (Å²) in [6.07, 6.45) is 4.09. The quantitative estimate of drug-likeness (QED) is 0.632. The number of hydrogen-bond donors (Lipinski definition) is 0. The molecule has 1 radical (unpaired) electrons. The first-order valence-electron chi connectivity index (χ1n) is 5.09. The molecule has 0 amide bonds. The van der Waals surface area contributed by atoms with Gasteiger partial charge < -0.3 is 4.90 Å². The molecule has 0 saturated carbocycles. The molecule has 1 heteroatoms. The van der Waals surface area contributed by atoms with Crippen molar-refractivity contribution in [1.82, 2.24) is 0 Å². The van der Waals surface area contributed by atoms with E-state index in [1.165, 1.54) is 43.6 Å². The van der Waals surface area contributed by atoms with Gasteiger partial charge in [-0.05, 0) is 49.9 Å². The Balaban J connectivity index is 2.18. The van der Waals surface area contributed by atoms with E-state index in [1.54, 1.807) is 0 Å². The van der Waals surface area contributed by atoms with Crippen LogP contribution in [0.1, 0.15) is 24.8 Å². The Kier molecular flexibility index (Phi) is 2.53. The topological polar surface area (TPSA) is 3.24 Å². The van der Waals surface area contributed by atoms with Crippen LogP contribution in [0.2, 0.25) is 0 Å². The maximum atomic E-state index is 3.11. The summed E-state index contributed by atoms with van der Waals surface area (Å²) in [5, 5.41) is 0. The van der Waals surface area contributed by atoms with Gasteiger partial charge in [0.05, 0.1) is 0 Å². The lowest BCUT2D eigenvalue weighted by Crippen LogP contribution is -2.29. The third kappa shape index (κ3) is 1.85. The molecule has 13 heavy (non-hydrogen) atoms. The molecule has 1 aromatic carbocycles. The fourth-order valence-electron chi connectivity index (χ4n) is 2.00. The first-order chi connectivity index (χ1) is 6.38. The summed E-state index contributed by atoms with van der Waals surface area (Å²) in [6.45, 7) is 4.62. The van der Waals surface area contributed by atoms with Crippen molar-refractivity contribution in [2.45, 2.75) is 26.2 Å². The molecule has 0 aliphatic carbocycles. The van der Waals surface area contributed by atoms with Gasteiger partial charge in [0.25, 0.3) is 0 Å². The van der Waals surface area contributed by atoms with E-state index in [9.17, 15) is 0 Å². The fraction of sp³-hybridized carbons (Fsp3) is 0.500. The lowest BCUT2D eigenvalue weighted by Gasteiger charge is -2.29. The standard InChI is InChI=1S/C12H16N/c1-11-7-3-4-8-12(11)13-9-5-2-6-10-13/h4,7-8H,2,5-6,9-10H2,1H3. The molecule has 1 aliphatic rings.